The monoisotopic (exact) mass is 447 g/mol. The van der Waals surface area contributed by atoms with Gasteiger partial charge in [0.25, 0.3) is 0 Å². The second kappa shape index (κ2) is 8.55. The first-order valence-electron chi connectivity index (χ1n) is 10.6. The largest absolute Gasteiger partial charge is 0.467 e. The molecule has 0 saturated heterocycles. The minimum absolute atomic E-state index is 0.0512. The second-order valence-electron chi connectivity index (χ2n) is 7.87. The van der Waals surface area contributed by atoms with Crippen molar-refractivity contribution in [1.82, 2.24) is 5.32 Å². The zero-order valence-electron chi connectivity index (χ0n) is 17.3. The average Bonchev–Trinajstić information content (AvgIpc) is 3.27. The SMILES string of the molecule is O=C1CCCC2=C1[C@@H](c1ccc(Cl)cc1)N(C(=O)NCc1ccco1)c1ccccc1N2. The third kappa shape index (κ3) is 3.78. The molecule has 2 amide bonds. The molecule has 5 rings (SSSR count). The third-order valence-electron chi connectivity index (χ3n) is 5.84. The molecule has 3 aromatic rings. The van der Waals surface area contributed by atoms with Gasteiger partial charge in [-0.1, -0.05) is 35.9 Å². The number of allylic oxidation sites excluding steroid dienone is 1. The topological polar surface area (TPSA) is 74.6 Å². The summed E-state index contributed by atoms with van der Waals surface area (Å²) in [4.78, 5) is 28.5. The summed E-state index contributed by atoms with van der Waals surface area (Å²) in [7, 11) is 0. The van der Waals surface area contributed by atoms with Crippen molar-refractivity contribution < 1.29 is 14.0 Å². The summed E-state index contributed by atoms with van der Waals surface area (Å²) in [6, 6.07) is 17.6. The second-order valence-corrected chi connectivity index (χ2v) is 8.31. The summed E-state index contributed by atoms with van der Waals surface area (Å²) in [6.07, 6.45) is 3.57. The molecule has 1 aromatic heterocycles. The highest BCUT2D eigenvalue weighted by Crippen LogP contribution is 2.44. The lowest BCUT2D eigenvalue weighted by atomic mass is 9.86. The normalized spacial score (nSPS) is 17.8. The molecule has 2 aliphatic rings. The van der Waals surface area contributed by atoms with Crippen LogP contribution in [0.15, 0.2) is 82.6 Å². The standard InChI is InChI=1S/C25H22ClN3O3/c26-17-12-10-16(11-13-17)24-23-20(7-3-9-22(23)30)28-19-6-1-2-8-21(19)29(24)25(31)27-15-18-5-4-14-32-18/h1-2,4-6,8,10-14,24,28H,3,7,9,15H2,(H,27,31)/t24-/m1/s1. The Hall–Kier alpha value is -3.51. The van der Waals surface area contributed by atoms with Crippen LogP contribution in [0.25, 0.3) is 0 Å². The molecule has 0 unspecified atom stereocenters. The summed E-state index contributed by atoms with van der Waals surface area (Å²) >= 11 is 6.14. The van der Waals surface area contributed by atoms with Gasteiger partial charge in [-0.05, 0) is 54.8 Å². The highest BCUT2D eigenvalue weighted by atomic mass is 35.5. The van der Waals surface area contributed by atoms with Crippen molar-refractivity contribution in [2.24, 2.45) is 0 Å². The van der Waals surface area contributed by atoms with Crippen molar-refractivity contribution in [3.8, 4) is 0 Å². The minimum atomic E-state index is -0.581. The molecule has 2 heterocycles. The fraction of sp³-hybridized carbons (Fsp3) is 0.200. The first-order valence-corrected chi connectivity index (χ1v) is 11.0. The van der Waals surface area contributed by atoms with Gasteiger partial charge in [-0.25, -0.2) is 4.79 Å². The van der Waals surface area contributed by atoms with Gasteiger partial charge in [0.15, 0.2) is 5.78 Å². The molecule has 32 heavy (non-hydrogen) atoms. The van der Waals surface area contributed by atoms with Crippen molar-refractivity contribution in [2.45, 2.75) is 31.8 Å². The Kier molecular flexibility index (Phi) is 5.45. The Balaban J connectivity index is 1.65. The molecule has 0 saturated carbocycles. The van der Waals surface area contributed by atoms with E-state index in [0.29, 0.717) is 28.5 Å². The van der Waals surface area contributed by atoms with E-state index in [1.807, 2.05) is 36.4 Å². The summed E-state index contributed by atoms with van der Waals surface area (Å²) in [6.45, 7) is 0.241. The molecule has 0 bridgehead atoms. The average molecular weight is 448 g/mol. The van der Waals surface area contributed by atoms with E-state index in [9.17, 15) is 9.59 Å². The van der Waals surface area contributed by atoms with Gasteiger partial charge in [0.05, 0.1) is 30.2 Å². The molecule has 1 aliphatic carbocycles. The number of anilines is 2. The summed E-state index contributed by atoms with van der Waals surface area (Å²) in [5.74, 6) is 0.701. The van der Waals surface area contributed by atoms with Gasteiger partial charge in [0.2, 0.25) is 0 Å². The molecule has 162 valence electrons. The van der Waals surface area contributed by atoms with Crippen molar-refractivity contribution in [2.75, 3.05) is 10.2 Å². The molecular weight excluding hydrogens is 426 g/mol. The molecular formula is C25H22ClN3O3. The number of nitrogens with one attached hydrogen (secondary N) is 2. The number of rotatable bonds is 3. The van der Waals surface area contributed by atoms with Gasteiger partial charge in [-0.2, -0.15) is 0 Å². The number of furan rings is 1. The Bertz CT molecular complexity index is 1190. The zero-order valence-corrected chi connectivity index (χ0v) is 18.1. The Labute approximate surface area is 190 Å². The highest BCUT2D eigenvalue weighted by Gasteiger charge is 2.39. The van der Waals surface area contributed by atoms with Gasteiger partial charge >= 0.3 is 6.03 Å². The van der Waals surface area contributed by atoms with Crippen molar-refractivity contribution in [3.63, 3.8) is 0 Å². The van der Waals surface area contributed by atoms with E-state index in [4.69, 9.17) is 16.0 Å². The molecule has 2 N–H and O–H groups in total. The van der Waals surface area contributed by atoms with Crippen molar-refractivity contribution in [3.05, 3.63) is 94.5 Å². The van der Waals surface area contributed by atoms with Gasteiger partial charge < -0.3 is 15.1 Å². The fourth-order valence-electron chi connectivity index (χ4n) is 4.38. The van der Waals surface area contributed by atoms with Gasteiger partial charge in [-0.15, -0.1) is 0 Å². The number of amides is 2. The van der Waals surface area contributed by atoms with E-state index in [2.05, 4.69) is 10.6 Å². The van der Waals surface area contributed by atoms with Crippen LogP contribution in [0.5, 0.6) is 0 Å². The predicted octanol–water partition coefficient (Wildman–Crippen LogP) is 5.82. The van der Waals surface area contributed by atoms with Gasteiger partial charge in [0, 0.05) is 22.7 Å². The zero-order chi connectivity index (χ0) is 22.1. The van der Waals surface area contributed by atoms with E-state index in [0.717, 1.165) is 29.8 Å². The fourth-order valence-corrected chi connectivity index (χ4v) is 4.51. The lowest BCUT2D eigenvalue weighted by Crippen LogP contribution is -2.43. The van der Waals surface area contributed by atoms with Crippen molar-refractivity contribution in [1.29, 1.82) is 0 Å². The van der Waals surface area contributed by atoms with Crippen LogP contribution in [0.2, 0.25) is 5.02 Å². The molecule has 1 atom stereocenters. The van der Waals surface area contributed by atoms with Crippen LogP contribution in [-0.2, 0) is 11.3 Å². The molecule has 2 aromatic carbocycles. The Morgan fingerprint density at radius 3 is 2.69 bits per heavy atom. The maximum atomic E-state index is 13.6. The first kappa shape index (κ1) is 20.4. The number of urea groups is 1. The number of carbonyl (C=O) groups is 2. The Morgan fingerprint density at radius 2 is 1.91 bits per heavy atom. The number of hydrogen-bond acceptors (Lipinski definition) is 4. The molecule has 0 fully saturated rings. The van der Waals surface area contributed by atoms with Crippen LogP contribution in [0.3, 0.4) is 0 Å². The maximum Gasteiger partial charge on any atom is 0.323 e. The number of carbonyl (C=O) groups excluding carboxylic acids is 2. The number of halogens is 1. The lowest BCUT2D eigenvalue weighted by Gasteiger charge is -2.33. The molecule has 1 aliphatic heterocycles. The number of Topliss-reactive ketones (excluding diaryl/α,β-unsaturated/α-hetero) is 1. The lowest BCUT2D eigenvalue weighted by molar-refractivity contribution is -0.116. The predicted molar refractivity (Wildman–Crippen MR) is 124 cm³/mol. The van der Waals surface area contributed by atoms with Crippen LogP contribution in [0.1, 0.15) is 36.6 Å². The van der Waals surface area contributed by atoms with E-state index in [-0.39, 0.29) is 18.4 Å². The van der Waals surface area contributed by atoms with Gasteiger partial charge in [-0.3, -0.25) is 9.69 Å². The number of benzene rings is 2. The first-order chi connectivity index (χ1) is 15.6. The number of para-hydroxylation sites is 2. The van der Waals surface area contributed by atoms with Crippen LogP contribution in [0, 0.1) is 0 Å². The van der Waals surface area contributed by atoms with E-state index >= 15 is 0 Å². The van der Waals surface area contributed by atoms with Crippen molar-refractivity contribution >= 4 is 34.8 Å². The van der Waals surface area contributed by atoms with Gasteiger partial charge in [0.1, 0.15) is 5.76 Å². The summed E-state index contributed by atoms with van der Waals surface area (Å²) in [5, 5.41) is 7.00. The maximum absolute atomic E-state index is 13.6. The van der Waals surface area contributed by atoms with E-state index < -0.39 is 6.04 Å². The quantitative estimate of drug-likeness (QED) is 0.530. The van der Waals surface area contributed by atoms with E-state index in [1.54, 1.807) is 35.4 Å². The number of fused-ring (bicyclic) bond motifs is 1. The number of nitrogens with zero attached hydrogens (tertiary/aromatic N) is 1. The third-order valence-corrected chi connectivity index (χ3v) is 6.09. The molecule has 0 radical (unpaired) electrons. The van der Waals surface area contributed by atoms with Crippen LogP contribution >= 0.6 is 11.6 Å². The highest BCUT2D eigenvalue weighted by molar-refractivity contribution is 6.30. The smallest absolute Gasteiger partial charge is 0.323 e. The van der Waals surface area contributed by atoms with Crippen LogP contribution < -0.4 is 15.5 Å². The van der Waals surface area contributed by atoms with Crippen LogP contribution in [-0.4, -0.2) is 11.8 Å². The Morgan fingerprint density at radius 1 is 1.09 bits per heavy atom. The molecule has 0 spiro atoms. The number of ketones is 1. The molecule has 6 nitrogen and oxygen atoms in total. The van der Waals surface area contributed by atoms with Crippen LogP contribution in [0.4, 0.5) is 16.2 Å². The minimum Gasteiger partial charge on any atom is -0.467 e. The number of hydrogen-bond donors (Lipinski definition) is 2. The summed E-state index contributed by atoms with van der Waals surface area (Å²) < 4.78 is 5.37. The summed E-state index contributed by atoms with van der Waals surface area (Å²) in [5.41, 5.74) is 3.81. The molecule has 7 heteroatoms. The van der Waals surface area contributed by atoms with E-state index in [1.165, 1.54) is 0 Å².